The number of benzene rings is 2. The third kappa shape index (κ3) is 3.79. The first-order valence-corrected chi connectivity index (χ1v) is 12.4. The molecule has 0 atom stereocenters. The van der Waals surface area contributed by atoms with Gasteiger partial charge >= 0.3 is 0 Å². The van der Waals surface area contributed by atoms with Gasteiger partial charge in [0.1, 0.15) is 5.58 Å². The lowest BCUT2D eigenvalue weighted by molar-refractivity contribution is 0.546. The first kappa shape index (κ1) is 21.1. The van der Waals surface area contributed by atoms with Gasteiger partial charge in [0.25, 0.3) is 0 Å². The van der Waals surface area contributed by atoms with E-state index in [0.717, 1.165) is 45.6 Å². The van der Waals surface area contributed by atoms with E-state index in [1.807, 2.05) is 12.3 Å². The zero-order valence-electron chi connectivity index (χ0n) is 19.9. The van der Waals surface area contributed by atoms with Gasteiger partial charge in [-0.25, -0.2) is 4.98 Å². The van der Waals surface area contributed by atoms with Crippen LogP contribution in [0, 0.1) is 5.92 Å². The molecule has 1 aliphatic carbocycles. The van der Waals surface area contributed by atoms with Gasteiger partial charge in [0, 0.05) is 27.9 Å². The molecule has 1 saturated carbocycles. The van der Waals surface area contributed by atoms with Gasteiger partial charge in [-0.3, -0.25) is 4.98 Å². The average molecular weight is 447 g/mol. The first-order valence-electron chi connectivity index (χ1n) is 12.4. The maximum atomic E-state index is 6.20. The standard InChI is InChI=1S/C31H30N2O/c1-31(2,24-10-4-3-5-11-24)29-15-13-25-26-20-23(12-14-28(26)34-30(25)33-29)27-19-22(16-17-32-27)18-21-8-6-7-9-21/h3-5,10-17,19-21H,6-9,18H2,1-2H3. The van der Waals surface area contributed by atoms with Crippen molar-refractivity contribution in [3.8, 4) is 11.3 Å². The molecule has 0 bridgehead atoms. The fourth-order valence-electron chi connectivity index (χ4n) is 5.47. The van der Waals surface area contributed by atoms with E-state index in [-0.39, 0.29) is 5.41 Å². The normalized spacial score (nSPS) is 14.9. The molecule has 170 valence electrons. The Morgan fingerprint density at radius 1 is 0.882 bits per heavy atom. The second-order valence-electron chi connectivity index (χ2n) is 10.3. The molecular weight excluding hydrogens is 416 g/mol. The number of nitrogens with zero attached hydrogens (tertiary/aromatic N) is 2. The molecule has 0 spiro atoms. The number of rotatable bonds is 5. The van der Waals surface area contributed by atoms with Crippen LogP contribution in [-0.4, -0.2) is 9.97 Å². The van der Waals surface area contributed by atoms with Crippen LogP contribution in [0.1, 0.15) is 56.4 Å². The Balaban J connectivity index is 1.36. The fraction of sp³-hybridized carbons (Fsp3) is 0.290. The highest BCUT2D eigenvalue weighted by Gasteiger charge is 2.25. The average Bonchev–Trinajstić information content (AvgIpc) is 3.51. The van der Waals surface area contributed by atoms with E-state index in [2.05, 4.69) is 85.6 Å². The Labute approximate surface area is 200 Å². The Hall–Kier alpha value is -3.46. The SMILES string of the molecule is CC(C)(c1ccccc1)c1ccc2c(n1)oc1ccc(-c3cc(CC4CCCC4)ccn3)cc12. The lowest BCUT2D eigenvalue weighted by Crippen LogP contribution is -2.20. The van der Waals surface area contributed by atoms with Crippen molar-refractivity contribution < 1.29 is 4.42 Å². The molecule has 0 unspecified atom stereocenters. The number of pyridine rings is 2. The topological polar surface area (TPSA) is 38.9 Å². The van der Waals surface area contributed by atoms with E-state index in [1.165, 1.54) is 36.8 Å². The smallest absolute Gasteiger partial charge is 0.227 e. The summed E-state index contributed by atoms with van der Waals surface area (Å²) in [6, 6.07) is 25.6. The summed E-state index contributed by atoms with van der Waals surface area (Å²) in [6.45, 7) is 4.42. The van der Waals surface area contributed by atoms with E-state index in [4.69, 9.17) is 9.40 Å². The van der Waals surface area contributed by atoms with Gasteiger partial charge in [0.15, 0.2) is 0 Å². The van der Waals surface area contributed by atoms with Crippen LogP contribution in [0.4, 0.5) is 0 Å². The summed E-state index contributed by atoms with van der Waals surface area (Å²) in [7, 11) is 0. The second-order valence-corrected chi connectivity index (χ2v) is 10.3. The minimum absolute atomic E-state index is 0.205. The molecule has 6 rings (SSSR count). The summed E-state index contributed by atoms with van der Waals surface area (Å²) in [6.07, 6.45) is 8.60. The van der Waals surface area contributed by atoms with Crippen molar-refractivity contribution in [1.82, 2.24) is 9.97 Å². The highest BCUT2D eigenvalue weighted by Crippen LogP contribution is 2.36. The van der Waals surface area contributed by atoms with E-state index < -0.39 is 0 Å². The van der Waals surface area contributed by atoms with Crippen LogP contribution in [0.25, 0.3) is 33.3 Å². The van der Waals surface area contributed by atoms with Crippen LogP contribution in [-0.2, 0) is 11.8 Å². The number of hydrogen-bond donors (Lipinski definition) is 0. The summed E-state index contributed by atoms with van der Waals surface area (Å²) >= 11 is 0. The number of fused-ring (bicyclic) bond motifs is 3. The molecule has 34 heavy (non-hydrogen) atoms. The van der Waals surface area contributed by atoms with Crippen molar-refractivity contribution >= 4 is 22.1 Å². The van der Waals surface area contributed by atoms with Crippen LogP contribution in [0.15, 0.2) is 83.4 Å². The van der Waals surface area contributed by atoms with E-state index >= 15 is 0 Å². The molecule has 1 aliphatic rings. The third-order valence-corrected chi connectivity index (χ3v) is 7.59. The molecule has 0 aliphatic heterocycles. The molecule has 3 heteroatoms. The summed E-state index contributed by atoms with van der Waals surface area (Å²) < 4.78 is 6.20. The molecule has 5 aromatic rings. The number of aromatic nitrogens is 2. The van der Waals surface area contributed by atoms with Crippen LogP contribution in [0.2, 0.25) is 0 Å². The zero-order valence-corrected chi connectivity index (χ0v) is 19.9. The van der Waals surface area contributed by atoms with Crippen LogP contribution in [0.3, 0.4) is 0 Å². The van der Waals surface area contributed by atoms with Gasteiger partial charge in [-0.05, 0) is 65.9 Å². The summed E-state index contributed by atoms with van der Waals surface area (Å²) in [4.78, 5) is 9.64. The highest BCUT2D eigenvalue weighted by atomic mass is 16.3. The van der Waals surface area contributed by atoms with Crippen molar-refractivity contribution in [1.29, 1.82) is 0 Å². The molecule has 0 radical (unpaired) electrons. The quantitative estimate of drug-likeness (QED) is 0.274. The first-order chi connectivity index (χ1) is 16.6. The Morgan fingerprint density at radius 3 is 2.53 bits per heavy atom. The van der Waals surface area contributed by atoms with Crippen molar-refractivity contribution in [2.75, 3.05) is 0 Å². The zero-order chi connectivity index (χ0) is 23.1. The summed E-state index contributed by atoms with van der Waals surface area (Å²) in [5, 5.41) is 2.14. The number of hydrogen-bond acceptors (Lipinski definition) is 3. The molecular formula is C31H30N2O. The van der Waals surface area contributed by atoms with E-state index in [1.54, 1.807) is 0 Å². The van der Waals surface area contributed by atoms with Gasteiger partial charge in [-0.15, -0.1) is 0 Å². The van der Waals surface area contributed by atoms with Gasteiger partial charge in [0.2, 0.25) is 5.71 Å². The summed E-state index contributed by atoms with van der Waals surface area (Å²) in [5.74, 6) is 0.830. The monoisotopic (exact) mass is 446 g/mol. The van der Waals surface area contributed by atoms with Crippen LogP contribution < -0.4 is 0 Å². The number of furan rings is 1. The molecule has 3 nitrogen and oxygen atoms in total. The fourth-order valence-corrected chi connectivity index (χ4v) is 5.47. The van der Waals surface area contributed by atoms with Crippen molar-refractivity contribution in [2.45, 2.75) is 51.4 Å². The highest BCUT2D eigenvalue weighted by molar-refractivity contribution is 6.05. The van der Waals surface area contributed by atoms with E-state index in [0.29, 0.717) is 5.71 Å². The maximum absolute atomic E-state index is 6.20. The molecule has 2 aromatic carbocycles. The third-order valence-electron chi connectivity index (χ3n) is 7.59. The molecule has 0 amide bonds. The molecule has 3 heterocycles. The van der Waals surface area contributed by atoms with Gasteiger partial charge in [0.05, 0.1) is 11.4 Å². The lowest BCUT2D eigenvalue weighted by Gasteiger charge is -2.24. The minimum Gasteiger partial charge on any atom is -0.438 e. The van der Waals surface area contributed by atoms with E-state index in [9.17, 15) is 0 Å². The van der Waals surface area contributed by atoms with Crippen LogP contribution >= 0.6 is 0 Å². The molecule has 0 N–H and O–H groups in total. The molecule has 0 saturated heterocycles. The van der Waals surface area contributed by atoms with Gasteiger partial charge in [-0.2, -0.15) is 0 Å². The Kier molecular flexibility index (Phi) is 5.21. The largest absolute Gasteiger partial charge is 0.438 e. The predicted molar refractivity (Wildman–Crippen MR) is 139 cm³/mol. The molecule has 3 aromatic heterocycles. The van der Waals surface area contributed by atoms with Crippen molar-refractivity contribution in [3.05, 3.63) is 95.8 Å². The maximum Gasteiger partial charge on any atom is 0.227 e. The predicted octanol–water partition coefficient (Wildman–Crippen LogP) is 8.10. The Morgan fingerprint density at radius 2 is 1.71 bits per heavy atom. The van der Waals surface area contributed by atoms with Gasteiger partial charge in [-0.1, -0.05) is 69.9 Å². The minimum atomic E-state index is -0.205. The Bertz CT molecular complexity index is 1460. The summed E-state index contributed by atoms with van der Waals surface area (Å²) in [5.41, 5.74) is 7.14. The molecule has 1 fully saturated rings. The van der Waals surface area contributed by atoms with Gasteiger partial charge < -0.3 is 4.42 Å². The van der Waals surface area contributed by atoms with Crippen molar-refractivity contribution in [3.63, 3.8) is 0 Å². The van der Waals surface area contributed by atoms with Crippen LogP contribution in [0.5, 0.6) is 0 Å². The second kappa shape index (κ2) is 8.39. The van der Waals surface area contributed by atoms with Crippen molar-refractivity contribution in [2.24, 2.45) is 5.92 Å². The lowest BCUT2D eigenvalue weighted by atomic mass is 9.81.